The molecule has 6 nitrogen and oxygen atoms in total. The second kappa shape index (κ2) is 5.92. The summed E-state index contributed by atoms with van der Waals surface area (Å²) in [5.74, 6) is -0.727. The SMILES string of the molecule is O=C(NCCc1c[nH]c2ccc(O)cc12)c1ccc(O)c(O)c1. The van der Waals surface area contributed by atoms with Crippen molar-refractivity contribution in [3.8, 4) is 17.2 Å². The van der Waals surface area contributed by atoms with E-state index in [1.54, 1.807) is 18.2 Å². The fourth-order valence-corrected chi connectivity index (χ4v) is 2.45. The number of amides is 1. The molecular weight excluding hydrogens is 296 g/mol. The van der Waals surface area contributed by atoms with E-state index in [0.717, 1.165) is 16.5 Å². The van der Waals surface area contributed by atoms with Gasteiger partial charge in [0.2, 0.25) is 0 Å². The molecule has 0 unspecified atom stereocenters. The molecule has 3 aromatic rings. The highest BCUT2D eigenvalue weighted by atomic mass is 16.3. The van der Waals surface area contributed by atoms with Gasteiger partial charge in [-0.3, -0.25) is 4.79 Å². The Morgan fingerprint density at radius 1 is 1.04 bits per heavy atom. The molecule has 23 heavy (non-hydrogen) atoms. The Balaban J connectivity index is 1.65. The smallest absolute Gasteiger partial charge is 0.251 e. The van der Waals surface area contributed by atoms with Crippen molar-refractivity contribution in [1.82, 2.24) is 10.3 Å². The van der Waals surface area contributed by atoms with E-state index in [4.69, 9.17) is 0 Å². The first-order valence-corrected chi connectivity index (χ1v) is 7.14. The summed E-state index contributed by atoms with van der Waals surface area (Å²) in [7, 11) is 0. The Bertz CT molecular complexity index is 870. The average molecular weight is 312 g/mol. The summed E-state index contributed by atoms with van der Waals surface area (Å²) in [6, 6.07) is 9.02. The molecule has 1 amide bonds. The number of benzene rings is 2. The quantitative estimate of drug-likeness (QED) is 0.476. The maximum absolute atomic E-state index is 12.0. The Morgan fingerprint density at radius 3 is 2.65 bits per heavy atom. The number of phenols is 3. The van der Waals surface area contributed by atoms with Gasteiger partial charge in [0.05, 0.1) is 0 Å². The molecule has 6 heteroatoms. The molecular formula is C17H16N2O4. The van der Waals surface area contributed by atoms with Gasteiger partial charge in [0.25, 0.3) is 5.91 Å². The second-order valence-electron chi connectivity index (χ2n) is 5.25. The van der Waals surface area contributed by atoms with E-state index in [0.29, 0.717) is 13.0 Å². The van der Waals surface area contributed by atoms with E-state index in [9.17, 15) is 20.1 Å². The lowest BCUT2D eigenvalue weighted by Gasteiger charge is -2.06. The Labute approximate surface area is 132 Å². The van der Waals surface area contributed by atoms with Crippen LogP contribution in [0.1, 0.15) is 15.9 Å². The first-order valence-electron chi connectivity index (χ1n) is 7.14. The van der Waals surface area contributed by atoms with Gasteiger partial charge in [0.15, 0.2) is 11.5 Å². The number of rotatable bonds is 4. The van der Waals surface area contributed by atoms with E-state index in [2.05, 4.69) is 10.3 Å². The van der Waals surface area contributed by atoms with Gasteiger partial charge in [0, 0.05) is 29.2 Å². The number of carbonyl (C=O) groups excluding carboxylic acids is 1. The van der Waals surface area contributed by atoms with Crippen LogP contribution in [0.3, 0.4) is 0 Å². The summed E-state index contributed by atoms with van der Waals surface area (Å²) in [4.78, 5) is 15.1. The molecule has 0 aliphatic heterocycles. The van der Waals surface area contributed by atoms with Crippen LogP contribution >= 0.6 is 0 Å². The summed E-state index contributed by atoms with van der Waals surface area (Å²) in [5.41, 5.74) is 2.19. The summed E-state index contributed by atoms with van der Waals surface area (Å²) in [5, 5.41) is 31.9. The molecule has 0 saturated carbocycles. The van der Waals surface area contributed by atoms with Crippen LogP contribution in [-0.4, -0.2) is 32.8 Å². The maximum Gasteiger partial charge on any atom is 0.251 e. The van der Waals surface area contributed by atoms with Crippen molar-refractivity contribution in [2.45, 2.75) is 6.42 Å². The standard InChI is InChI=1S/C17H16N2O4/c20-12-2-3-14-13(8-12)11(9-19-14)5-6-18-17(23)10-1-4-15(21)16(22)7-10/h1-4,7-9,19-22H,5-6H2,(H,18,23). The minimum absolute atomic E-state index is 0.196. The number of aromatic amines is 1. The number of aromatic nitrogens is 1. The number of phenolic OH excluding ortho intramolecular Hbond substituents is 3. The molecule has 2 aromatic carbocycles. The number of hydrogen-bond donors (Lipinski definition) is 5. The normalized spacial score (nSPS) is 10.8. The molecule has 0 radical (unpaired) electrons. The van der Waals surface area contributed by atoms with Crippen molar-refractivity contribution in [2.24, 2.45) is 0 Å². The average Bonchev–Trinajstić information content (AvgIpc) is 2.92. The van der Waals surface area contributed by atoms with Gasteiger partial charge in [-0.25, -0.2) is 0 Å². The third-order valence-electron chi connectivity index (χ3n) is 3.67. The predicted molar refractivity (Wildman–Crippen MR) is 85.8 cm³/mol. The fourth-order valence-electron chi connectivity index (χ4n) is 2.45. The fraction of sp³-hybridized carbons (Fsp3) is 0.118. The van der Waals surface area contributed by atoms with Gasteiger partial charge in [0.1, 0.15) is 5.75 Å². The minimum atomic E-state index is -0.331. The largest absolute Gasteiger partial charge is 0.508 e. The van der Waals surface area contributed by atoms with E-state index in [1.165, 1.54) is 18.2 Å². The molecule has 0 aliphatic rings. The summed E-state index contributed by atoms with van der Waals surface area (Å²) < 4.78 is 0. The summed E-state index contributed by atoms with van der Waals surface area (Å²) in [6.45, 7) is 0.406. The van der Waals surface area contributed by atoms with Gasteiger partial charge in [-0.05, 0) is 48.4 Å². The summed E-state index contributed by atoms with van der Waals surface area (Å²) in [6.07, 6.45) is 2.45. The molecule has 0 atom stereocenters. The van der Waals surface area contributed by atoms with Crippen LogP contribution < -0.4 is 5.32 Å². The topological polar surface area (TPSA) is 106 Å². The van der Waals surface area contributed by atoms with Crippen molar-refractivity contribution in [2.75, 3.05) is 6.54 Å². The van der Waals surface area contributed by atoms with Crippen molar-refractivity contribution < 1.29 is 20.1 Å². The first-order chi connectivity index (χ1) is 11.0. The van der Waals surface area contributed by atoms with Crippen molar-refractivity contribution in [3.63, 3.8) is 0 Å². The van der Waals surface area contributed by atoms with E-state index >= 15 is 0 Å². The highest BCUT2D eigenvalue weighted by Gasteiger charge is 2.09. The van der Waals surface area contributed by atoms with Crippen LogP contribution in [0.2, 0.25) is 0 Å². The molecule has 1 heterocycles. The molecule has 0 saturated heterocycles. The van der Waals surface area contributed by atoms with Gasteiger partial charge in [-0.1, -0.05) is 0 Å². The minimum Gasteiger partial charge on any atom is -0.508 e. The van der Waals surface area contributed by atoms with E-state index in [1.807, 2.05) is 6.20 Å². The zero-order chi connectivity index (χ0) is 16.4. The molecule has 0 bridgehead atoms. The number of aromatic hydroxyl groups is 3. The van der Waals surface area contributed by atoms with Gasteiger partial charge in [-0.2, -0.15) is 0 Å². The lowest BCUT2D eigenvalue weighted by Crippen LogP contribution is -2.25. The molecule has 0 fully saturated rings. The highest BCUT2D eigenvalue weighted by molar-refractivity contribution is 5.94. The van der Waals surface area contributed by atoms with Crippen molar-refractivity contribution in [1.29, 1.82) is 0 Å². The van der Waals surface area contributed by atoms with Crippen LogP contribution in [0.15, 0.2) is 42.6 Å². The first kappa shape index (κ1) is 14.8. The second-order valence-corrected chi connectivity index (χ2v) is 5.25. The number of hydrogen-bond acceptors (Lipinski definition) is 4. The van der Waals surface area contributed by atoms with Crippen LogP contribution in [0.5, 0.6) is 17.2 Å². The molecule has 0 aliphatic carbocycles. The van der Waals surface area contributed by atoms with Gasteiger partial charge in [-0.15, -0.1) is 0 Å². The number of H-pyrrole nitrogens is 1. The molecule has 1 aromatic heterocycles. The monoisotopic (exact) mass is 312 g/mol. The number of nitrogens with one attached hydrogen (secondary N) is 2. The zero-order valence-electron chi connectivity index (χ0n) is 12.2. The van der Waals surface area contributed by atoms with Crippen molar-refractivity contribution in [3.05, 3.63) is 53.7 Å². The van der Waals surface area contributed by atoms with Gasteiger partial charge >= 0.3 is 0 Å². The van der Waals surface area contributed by atoms with Gasteiger partial charge < -0.3 is 25.6 Å². The van der Waals surface area contributed by atoms with Crippen molar-refractivity contribution >= 4 is 16.8 Å². The third-order valence-corrected chi connectivity index (χ3v) is 3.67. The predicted octanol–water partition coefficient (Wildman–Crippen LogP) is 2.26. The van der Waals surface area contributed by atoms with Crippen LogP contribution in [0, 0.1) is 0 Å². The molecule has 5 N–H and O–H groups in total. The lowest BCUT2D eigenvalue weighted by molar-refractivity contribution is 0.0953. The Hall–Kier alpha value is -3.15. The number of carbonyl (C=O) groups is 1. The highest BCUT2D eigenvalue weighted by Crippen LogP contribution is 2.25. The zero-order valence-corrected chi connectivity index (χ0v) is 12.2. The molecule has 3 rings (SSSR count). The van der Waals surface area contributed by atoms with E-state index < -0.39 is 0 Å². The maximum atomic E-state index is 12.0. The van der Waals surface area contributed by atoms with E-state index in [-0.39, 0.29) is 28.7 Å². The third kappa shape index (κ3) is 3.06. The van der Waals surface area contributed by atoms with Crippen LogP contribution in [0.4, 0.5) is 0 Å². The van der Waals surface area contributed by atoms with Crippen LogP contribution in [-0.2, 0) is 6.42 Å². The molecule has 0 spiro atoms. The molecule has 118 valence electrons. The summed E-state index contributed by atoms with van der Waals surface area (Å²) >= 11 is 0. The Kier molecular flexibility index (Phi) is 3.80. The van der Waals surface area contributed by atoms with Crippen LogP contribution in [0.25, 0.3) is 10.9 Å². The lowest BCUT2D eigenvalue weighted by atomic mass is 10.1. The number of fused-ring (bicyclic) bond motifs is 1. The Morgan fingerprint density at radius 2 is 1.87 bits per heavy atom.